The molecule has 0 aliphatic heterocycles. The fourth-order valence-electron chi connectivity index (χ4n) is 2.78. The molecule has 0 aliphatic rings. The highest BCUT2D eigenvalue weighted by molar-refractivity contribution is 5.86. The maximum Gasteiger partial charge on any atom is 0.250 e. The van der Waals surface area contributed by atoms with E-state index in [9.17, 15) is 9.18 Å². The Morgan fingerprint density at radius 3 is 2.74 bits per heavy atom. The third-order valence-corrected chi connectivity index (χ3v) is 4.15. The van der Waals surface area contributed by atoms with E-state index in [-0.39, 0.29) is 5.88 Å². The summed E-state index contributed by atoms with van der Waals surface area (Å²) in [6.45, 7) is 2.33. The number of amides is 1. The van der Waals surface area contributed by atoms with Crippen molar-refractivity contribution in [2.75, 3.05) is 6.61 Å². The zero-order chi connectivity index (χ0) is 19.5. The molecule has 1 amide bonds. The Bertz CT molecular complexity index is 815. The van der Waals surface area contributed by atoms with Crippen LogP contribution in [-0.2, 0) is 4.79 Å². The number of hydrogen-bond donors (Lipinski definition) is 1. The van der Waals surface area contributed by atoms with Crippen LogP contribution < -0.4 is 10.5 Å². The molecule has 0 bridgehead atoms. The van der Waals surface area contributed by atoms with Gasteiger partial charge in [0.05, 0.1) is 12.1 Å². The van der Waals surface area contributed by atoms with Crippen LogP contribution in [0, 0.1) is 5.82 Å². The van der Waals surface area contributed by atoms with Gasteiger partial charge in [0.15, 0.2) is 5.82 Å². The standard InChI is InChI=1S/C22H27FN2O2/c1-17(15-21(24)26)11-7-5-3-2-4-6-10-14-27-22-19(23)16-18-12-8-9-13-20(18)25-22/h7-9,11-13,15-16H,2-6,10,14H2,1H3,(H2,24,26)/b11-7+,17-15+. The SMILES string of the molecule is CC(/C=C/CCCCCCCOc1nc2ccccc2cc1F)=C\C(N)=O. The fourth-order valence-corrected chi connectivity index (χ4v) is 2.78. The maximum atomic E-state index is 14.0. The lowest BCUT2D eigenvalue weighted by Gasteiger charge is -2.07. The number of fused-ring (bicyclic) bond motifs is 1. The summed E-state index contributed by atoms with van der Waals surface area (Å²) >= 11 is 0. The smallest absolute Gasteiger partial charge is 0.250 e. The van der Waals surface area contributed by atoms with Crippen molar-refractivity contribution in [1.29, 1.82) is 0 Å². The Hall–Kier alpha value is -2.69. The molecule has 0 aliphatic carbocycles. The third kappa shape index (κ3) is 7.60. The molecule has 2 aromatic rings. The van der Waals surface area contributed by atoms with Crippen LogP contribution in [0.25, 0.3) is 10.9 Å². The average molecular weight is 370 g/mol. The van der Waals surface area contributed by atoms with Gasteiger partial charge in [0.2, 0.25) is 5.91 Å². The van der Waals surface area contributed by atoms with Crippen LogP contribution in [0.4, 0.5) is 4.39 Å². The van der Waals surface area contributed by atoms with Crippen LogP contribution in [-0.4, -0.2) is 17.5 Å². The van der Waals surface area contributed by atoms with E-state index in [4.69, 9.17) is 10.5 Å². The summed E-state index contributed by atoms with van der Waals surface area (Å²) in [4.78, 5) is 15.0. The van der Waals surface area contributed by atoms with Gasteiger partial charge in [-0.15, -0.1) is 0 Å². The number of carbonyl (C=O) groups excluding carboxylic acids is 1. The molecular weight excluding hydrogens is 343 g/mol. The number of nitrogens with two attached hydrogens (primary N) is 1. The summed E-state index contributed by atoms with van der Waals surface area (Å²) < 4.78 is 19.5. The quantitative estimate of drug-likeness (QED) is 0.341. The Balaban J connectivity index is 1.58. The first-order valence-electron chi connectivity index (χ1n) is 9.38. The van der Waals surface area contributed by atoms with Gasteiger partial charge in [-0.05, 0) is 43.9 Å². The molecule has 0 fully saturated rings. The summed E-state index contributed by atoms with van der Waals surface area (Å²) in [5.74, 6) is -0.752. The lowest BCUT2D eigenvalue weighted by molar-refractivity contribution is -0.113. The first-order valence-corrected chi connectivity index (χ1v) is 9.38. The molecule has 144 valence electrons. The highest BCUT2D eigenvalue weighted by atomic mass is 19.1. The molecule has 4 nitrogen and oxygen atoms in total. The molecule has 0 saturated heterocycles. The van der Waals surface area contributed by atoms with Crippen LogP contribution in [0.15, 0.2) is 54.1 Å². The van der Waals surface area contributed by atoms with Gasteiger partial charge in [-0.1, -0.05) is 49.6 Å². The van der Waals surface area contributed by atoms with E-state index in [0.717, 1.165) is 55.0 Å². The predicted molar refractivity (Wildman–Crippen MR) is 107 cm³/mol. The number of benzene rings is 1. The topological polar surface area (TPSA) is 65.2 Å². The van der Waals surface area contributed by atoms with Gasteiger partial charge >= 0.3 is 0 Å². The second-order valence-electron chi connectivity index (χ2n) is 6.57. The molecule has 0 spiro atoms. The molecule has 27 heavy (non-hydrogen) atoms. The van der Waals surface area contributed by atoms with E-state index in [2.05, 4.69) is 11.1 Å². The van der Waals surface area contributed by atoms with Crippen molar-refractivity contribution in [3.63, 3.8) is 0 Å². The number of hydrogen-bond acceptors (Lipinski definition) is 3. The summed E-state index contributed by atoms with van der Waals surface area (Å²) in [7, 11) is 0. The molecule has 0 atom stereocenters. The van der Waals surface area contributed by atoms with E-state index in [1.165, 1.54) is 12.1 Å². The number of carbonyl (C=O) groups is 1. The van der Waals surface area contributed by atoms with Crippen LogP contribution in [0.3, 0.4) is 0 Å². The molecule has 1 aromatic carbocycles. The minimum absolute atomic E-state index is 0.0817. The Morgan fingerprint density at radius 2 is 1.93 bits per heavy atom. The van der Waals surface area contributed by atoms with E-state index < -0.39 is 11.7 Å². The Morgan fingerprint density at radius 1 is 1.19 bits per heavy atom. The van der Waals surface area contributed by atoms with Crippen molar-refractivity contribution < 1.29 is 13.9 Å². The van der Waals surface area contributed by atoms with Gasteiger partial charge in [-0.25, -0.2) is 9.37 Å². The molecule has 2 rings (SSSR count). The van der Waals surface area contributed by atoms with Crippen molar-refractivity contribution in [3.8, 4) is 5.88 Å². The Labute approximate surface area is 159 Å². The second-order valence-corrected chi connectivity index (χ2v) is 6.57. The minimum atomic E-state index is -0.418. The summed E-state index contributed by atoms with van der Waals surface area (Å²) in [6.07, 6.45) is 11.6. The number of nitrogens with zero attached hydrogens (tertiary/aromatic N) is 1. The fraction of sp³-hybridized carbons (Fsp3) is 0.364. The largest absolute Gasteiger partial charge is 0.476 e. The van der Waals surface area contributed by atoms with Gasteiger partial charge < -0.3 is 10.5 Å². The summed E-state index contributed by atoms with van der Waals surface area (Å²) in [5.41, 5.74) is 6.70. The first kappa shape index (κ1) is 20.6. The van der Waals surface area contributed by atoms with E-state index in [1.807, 2.05) is 37.3 Å². The summed E-state index contributed by atoms with van der Waals surface area (Å²) in [6, 6.07) is 8.88. The number of primary amides is 1. The molecule has 1 heterocycles. The average Bonchev–Trinajstić information content (AvgIpc) is 2.62. The second kappa shape index (κ2) is 11.1. The monoisotopic (exact) mass is 370 g/mol. The number of rotatable bonds is 11. The number of pyridine rings is 1. The van der Waals surface area contributed by atoms with E-state index >= 15 is 0 Å². The number of ether oxygens (including phenoxy) is 1. The Kier molecular flexibility index (Phi) is 8.49. The highest BCUT2D eigenvalue weighted by Gasteiger charge is 2.07. The maximum absolute atomic E-state index is 14.0. The number of allylic oxidation sites excluding steroid dienone is 3. The van der Waals surface area contributed by atoms with Gasteiger partial charge in [0, 0.05) is 11.5 Å². The molecule has 2 N–H and O–H groups in total. The molecule has 0 unspecified atom stereocenters. The van der Waals surface area contributed by atoms with Crippen LogP contribution in [0.1, 0.15) is 45.4 Å². The minimum Gasteiger partial charge on any atom is -0.476 e. The molecule has 5 heteroatoms. The van der Waals surface area contributed by atoms with Crippen LogP contribution in [0.2, 0.25) is 0 Å². The molecule has 0 saturated carbocycles. The number of aromatic nitrogens is 1. The zero-order valence-electron chi connectivity index (χ0n) is 15.8. The van der Waals surface area contributed by atoms with E-state index in [0.29, 0.717) is 6.61 Å². The first-order chi connectivity index (χ1) is 13.1. The van der Waals surface area contributed by atoms with Gasteiger partial charge in [0.1, 0.15) is 0 Å². The third-order valence-electron chi connectivity index (χ3n) is 4.15. The zero-order valence-corrected chi connectivity index (χ0v) is 15.8. The molecular formula is C22H27FN2O2. The lowest BCUT2D eigenvalue weighted by Crippen LogP contribution is -2.06. The van der Waals surface area contributed by atoms with Crippen LogP contribution >= 0.6 is 0 Å². The molecule has 1 aromatic heterocycles. The number of unbranched alkanes of at least 4 members (excludes halogenated alkanes) is 5. The number of para-hydroxylation sites is 1. The van der Waals surface area contributed by atoms with Gasteiger partial charge in [0.25, 0.3) is 5.88 Å². The normalized spacial score (nSPS) is 12.0. The van der Waals surface area contributed by atoms with Crippen molar-refractivity contribution in [3.05, 3.63) is 60.0 Å². The van der Waals surface area contributed by atoms with Crippen LogP contribution in [0.5, 0.6) is 5.88 Å². The predicted octanol–water partition coefficient (Wildman–Crippen LogP) is 5.08. The van der Waals surface area contributed by atoms with Crippen molar-refractivity contribution >= 4 is 16.8 Å². The van der Waals surface area contributed by atoms with Crippen molar-refractivity contribution in [1.82, 2.24) is 4.98 Å². The molecule has 0 radical (unpaired) electrons. The van der Waals surface area contributed by atoms with E-state index in [1.54, 1.807) is 0 Å². The summed E-state index contributed by atoms with van der Waals surface area (Å²) in [5, 5.41) is 0.775. The van der Waals surface area contributed by atoms with Crippen molar-refractivity contribution in [2.24, 2.45) is 5.73 Å². The lowest BCUT2D eigenvalue weighted by atomic mass is 10.1. The van der Waals surface area contributed by atoms with Gasteiger partial charge in [-0.3, -0.25) is 4.79 Å². The van der Waals surface area contributed by atoms with Gasteiger partial charge in [-0.2, -0.15) is 0 Å². The highest BCUT2D eigenvalue weighted by Crippen LogP contribution is 2.21. The van der Waals surface area contributed by atoms with Crippen molar-refractivity contribution in [2.45, 2.75) is 45.4 Å². The number of halogens is 1.